The van der Waals surface area contributed by atoms with E-state index in [4.69, 9.17) is 62.9 Å². The Morgan fingerprint density at radius 2 is 1.50 bits per heavy atom. The lowest BCUT2D eigenvalue weighted by atomic mass is 9.85. The normalized spacial score (nSPS) is 24.5. The molecule has 556 valence electrons. The number of piperazine rings is 1. The van der Waals surface area contributed by atoms with Crippen LogP contribution in [0.15, 0.2) is 56.9 Å². The number of fused-ring (bicyclic) bond motifs is 15. The average Bonchev–Trinajstić information content (AvgIpc) is 1.43. The van der Waals surface area contributed by atoms with Crippen LogP contribution in [-0.2, 0) is 51.2 Å². The second-order valence-corrected chi connectivity index (χ2v) is 30.5. The Hall–Kier alpha value is -8.83. The molecular weight excluding hydrogens is 1460 g/mol. The predicted molar refractivity (Wildman–Crippen MR) is 385 cm³/mol. The van der Waals surface area contributed by atoms with Crippen LogP contribution >= 0.6 is 56.7 Å². The Bertz CT molecular complexity index is 4670. The number of pyridine rings is 1. The van der Waals surface area contributed by atoms with Gasteiger partial charge in [0.05, 0.1) is 50.2 Å². The number of carbonyl (C=O) groups excluding carboxylic acids is 7. The first-order valence-corrected chi connectivity index (χ1v) is 37.9. The first kappa shape index (κ1) is 74.4. The van der Waals surface area contributed by atoms with Crippen molar-refractivity contribution in [3.63, 3.8) is 0 Å². The molecule has 105 heavy (non-hydrogen) atoms. The zero-order valence-corrected chi connectivity index (χ0v) is 62.8. The number of hydrogen-bond donors (Lipinski definition) is 7. The average molecular weight is 1540 g/mol. The van der Waals surface area contributed by atoms with Gasteiger partial charge in [0.2, 0.25) is 5.91 Å². The SMILES string of the molecule is CO/C(C)=C1/NC(=O)C(C(C)O)NC(=O)c2csc(n2)-c2cc(OC)c(-c3nc(C(=O)NCCCN4CCN(C)CC4)cs3)nc2-c2csc(n2)C2COC(=O)c3c4c5c(cccc5n3OC)COC(=O)C(OC3CC(C)(O)C(N(C)C)C(C)O3)C(OC4)C(NC(=O)c3csc1n3)c1nc(cs1)C(=O)N2. The lowest BCUT2D eigenvalue weighted by Crippen LogP contribution is -2.62. The number of likely N-dealkylation sites (N-methyl/N-ethyl adjacent to an activating group) is 2. The summed E-state index contributed by atoms with van der Waals surface area (Å²) in [5.74, 6) is -5.56. The van der Waals surface area contributed by atoms with Crippen molar-refractivity contribution in [3.05, 3.63) is 112 Å². The van der Waals surface area contributed by atoms with Crippen molar-refractivity contribution in [1.29, 1.82) is 0 Å². The van der Waals surface area contributed by atoms with Gasteiger partial charge in [0.1, 0.15) is 127 Å². The number of carbonyl (C=O) groups is 7. The standard InChI is InChI=1S/C68H77N15O17S5/c1-31(84)47-60(89)78-48(32(2)93-8)63-74-42(30-103-63)59(88)79-51-53-54(100-45-22-68(4,92)55(80(5)6)33(3)99-45)67(91)97-23-34-13-11-14-43-46(34)36(24-96-53)52(83(43)95-10)66(90)98-25-37(70-57(86)40-29-105-65(51)75-40)62-71-38(26-102-62)49-35(61-72-41(28-101-61)58(87)77-47)21-44(94-9)50(76-49)64-73-39(27-104-64)56(85)69-15-12-16-82-19-17-81(7)18-20-82/h11,13-14,21,26-31,33,37,45,47,51,53-55,84,92H,12,15-20,22-25H2,1-10H3,(H,69,85)(H,70,86)(H,77,87)(H,78,89)(H,79,88)/b48-32+. The number of amides is 5. The molecule has 7 aromatic heterocycles. The van der Waals surface area contributed by atoms with E-state index in [0.717, 1.165) is 95.8 Å². The number of ether oxygens (including phenoxy) is 7. The monoisotopic (exact) mass is 1540 g/mol. The molecule has 12 heterocycles. The number of nitrogens with zero attached hydrogens (tertiary/aromatic N) is 10. The van der Waals surface area contributed by atoms with Gasteiger partial charge in [0, 0.05) is 82.6 Å². The molecule has 0 aliphatic carbocycles. The minimum atomic E-state index is -1.87. The van der Waals surface area contributed by atoms with E-state index in [1.54, 1.807) is 63.0 Å². The van der Waals surface area contributed by atoms with Crippen LogP contribution in [-0.4, -0.2) is 238 Å². The number of esters is 2. The van der Waals surface area contributed by atoms with Crippen LogP contribution in [0, 0.1) is 0 Å². The molecule has 0 saturated carbocycles. The fraction of sp³-hybridized carbons (Fsp3) is 0.456. The molecule has 37 heteroatoms. The molecule has 13 rings (SSSR count). The molecule has 10 unspecified atom stereocenters. The van der Waals surface area contributed by atoms with Crippen LogP contribution in [0.3, 0.4) is 0 Å². The summed E-state index contributed by atoms with van der Waals surface area (Å²) in [6.07, 6.45) is -6.56. The van der Waals surface area contributed by atoms with Crippen LogP contribution in [0.2, 0.25) is 0 Å². The molecule has 0 radical (unpaired) electrons. The highest BCUT2D eigenvalue weighted by molar-refractivity contribution is 7.14. The highest BCUT2D eigenvalue weighted by atomic mass is 32.1. The van der Waals surface area contributed by atoms with Gasteiger partial charge in [-0.3, -0.25) is 24.0 Å². The van der Waals surface area contributed by atoms with Gasteiger partial charge in [-0.15, -0.1) is 56.7 Å². The highest BCUT2D eigenvalue weighted by Gasteiger charge is 2.50. The molecule has 5 aliphatic heterocycles. The number of aliphatic hydroxyl groups excluding tert-OH is 1. The van der Waals surface area contributed by atoms with Gasteiger partial charge in [-0.1, -0.05) is 12.1 Å². The second-order valence-electron chi connectivity index (χ2n) is 26.1. The van der Waals surface area contributed by atoms with E-state index in [9.17, 15) is 24.6 Å². The van der Waals surface area contributed by atoms with E-state index < -0.39 is 116 Å². The van der Waals surface area contributed by atoms with Crippen LogP contribution in [0.1, 0.15) is 131 Å². The second kappa shape index (κ2) is 31.3. The fourth-order valence-electron chi connectivity index (χ4n) is 13.5. The van der Waals surface area contributed by atoms with Gasteiger partial charge < -0.3 is 89.5 Å². The number of nitrogens with one attached hydrogen (secondary N) is 5. The highest BCUT2D eigenvalue weighted by Crippen LogP contribution is 2.43. The first-order chi connectivity index (χ1) is 50.4. The lowest BCUT2D eigenvalue weighted by molar-refractivity contribution is -0.280. The van der Waals surface area contributed by atoms with Crippen LogP contribution in [0.5, 0.6) is 5.75 Å². The number of thiazole rings is 5. The number of rotatable bonds is 13. The number of aromatic nitrogens is 7. The Morgan fingerprint density at radius 3 is 2.23 bits per heavy atom. The molecule has 1 aromatic carbocycles. The molecule has 0 spiro atoms. The third-order valence-corrected chi connectivity index (χ3v) is 23.1. The van der Waals surface area contributed by atoms with Crippen molar-refractivity contribution >= 4 is 115 Å². The number of cyclic esters (lactones) is 2. The Morgan fingerprint density at radius 1 is 0.819 bits per heavy atom. The van der Waals surface area contributed by atoms with Crippen molar-refractivity contribution in [2.45, 2.75) is 114 Å². The van der Waals surface area contributed by atoms with Gasteiger partial charge in [-0.2, -0.15) is 4.73 Å². The summed E-state index contributed by atoms with van der Waals surface area (Å²) in [7, 11) is 9.80. The Balaban J connectivity index is 0.957. The number of allylic oxidation sites excluding steroid dienone is 1. The fourth-order valence-corrected chi connectivity index (χ4v) is 17.6. The van der Waals surface area contributed by atoms with Crippen LogP contribution in [0.25, 0.3) is 49.3 Å². The number of benzene rings is 1. The molecular formula is C68H77N15O17S5. The van der Waals surface area contributed by atoms with E-state index in [0.29, 0.717) is 28.0 Å². The van der Waals surface area contributed by atoms with Crippen LogP contribution in [0.4, 0.5) is 0 Å². The van der Waals surface area contributed by atoms with Crippen molar-refractivity contribution in [3.8, 4) is 38.4 Å². The number of aliphatic hydroxyl groups is 2. The molecule has 7 N–H and O–H groups in total. The van der Waals surface area contributed by atoms with Crippen LogP contribution < -0.4 is 36.2 Å². The summed E-state index contributed by atoms with van der Waals surface area (Å²) in [4.78, 5) is 146. The van der Waals surface area contributed by atoms with Gasteiger partial charge in [-0.05, 0) is 79.5 Å². The van der Waals surface area contributed by atoms with E-state index in [-0.39, 0.29) is 106 Å². The van der Waals surface area contributed by atoms with Gasteiger partial charge in [-0.25, -0.2) is 39.5 Å². The first-order valence-electron chi connectivity index (χ1n) is 33.5. The summed E-state index contributed by atoms with van der Waals surface area (Å²) in [6, 6.07) is 1.66. The van der Waals surface area contributed by atoms with E-state index in [1.807, 2.05) is 4.90 Å². The lowest BCUT2D eigenvalue weighted by Gasteiger charge is -2.48. The minimum Gasteiger partial charge on any atom is -0.499 e. The molecule has 2 fully saturated rings. The van der Waals surface area contributed by atoms with Crippen molar-refractivity contribution in [1.82, 2.24) is 75.9 Å². The maximum absolute atomic E-state index is 15.4. The van der Waals surface area contributed by atoms with Gasteiger partial charge in [0.25, 0.3) is 23.6 Å². The van der Waals surface area contributed by atoms with Crippen molar-refractivity contribution < 1.29 is 81.8 Å². The molecule has 8 aromatic rings. The maximum atomic E-state index is 15.4. The largest absolute Gasteiger partial charge is 0.499 e. The topological polar surface area (TPSA) is 386 Å². The Labute approximate surface area is 621 Å². The molecule has 2 saturated heterocycles. The van der Waals surface area contributed by atoms with E-state index >= 15 is 19.2 Å². The molecule has 5 aliphatic rings. The maximum Gasteiger partial charge on any atom is 0.358 e. The molecule has 5 amide bonds. The summed E-state index contributed by atoms with van der Waals surface area (Å²) < 4.78 is 45.6. The van der Waals surface area contributed by atoms with Crippen molar-refractivity contribution in [2.75, 3.05) is 88.3 Å². The number of methoxy groups -OCH3 is 2. The molecule has 32 nitrogen and oxygen atoms in total. The summed E-state index contributed by atoms with van der Waals surface area (Å²) >= 11 is 5.07. The summed E-state index contributed by atoms with van der Waals surface area (Å²) in [5.41, 5.74) is -0.397. The van der Waals surface area contributed by atoms with Crippen molar-refractivity contribution in [2.24, 2.45) is 0 Å². The summed E-state index contributed by atoms with van der Waals surface area (Å²) in [5, 5.41) is 46.2. The van der Waals surface area contributed by atoms with E-state index in [2.05, 4.69) is 48.4 Å². The van der Waals surface area contributed by atoms with Gasteiger partial charge >= 0.3 is 11.9 Å². The Kier molecular flexibility index (Phi) is 22.2. The van der Waals surface area contributed by atoms with Gasteiger partial charge in [0.15, 0.2) is 18.1 Å². The van der Waals surface area contributed by atoms with E-state index in [1.165, 1.54) is 56.0 Å². The quantitative estimate of drug-likeness (QED) is 0.0469. The minimum absolute atomic E-state index is 0.0137. The summed E-state index contributed by atoms with van der Waals surface area (Å²) in [6.45, 7) is 9.79. The smallest absolute Gasteiger partial charge is 0.358 e. The third kappa shape index (κ3) is 15.5. The zero-order valence-electron chi connectivity index (χ0n) is 58.7. The number of hydrogen-bond acceptors (Lipinski definition) is 31. The molecule has 12 bridgehead atoms. The molecule has 10 atom stereocenters. The third-order valence-electron chi connectivity index (χ3n) is 18.7. The predicted octanol–water partition coefficient (Wildman–Crippen LogP) is 4.65. The zero-order chi connectivity index (χ0) is 74.3.